The molecule has 0 saturated heterocycles. The van der Waals surface area contributed by atoms with Crippen molar-refractivity contribution in [1.29, 1.82) is 0 Å². The molecule has 5 heteroatoms. The van der Waals surface area contributed by atoms with Crippen LogP contribution in [-0.2, 0) is 13.1 Å². The van der Waals surface area contributed by atoms with Gasteiger partial charge in [0, 0.05) is 13.1 Å². The van der Waals surface area contributed by atoms with E-state index in [0.29, 0.717) is 13.1 Å². The molecule has 1 aromatic rings. The van der Waals surface area contributed by atoms with E-state index < -0.39 is 5.97 Å². The van der Waals surface area contributed by atoms with Gasteiger partial charge in [0.1, 0.15) is 0 Å². The van der Waals surface area contributed by atoms with Crippen LogP contribution in [0, 0.1) is 0 Å². The smallest absolute Gasteiger partial charge is 0.371 e. The predicted octanol–water partition coefficient (Wildman–Crippen LogP) is -0.289. The summed E-state index contributed by atoms with van der Waals surface area (Å²) in [6, 6.07) is 0. The minimum absolute atomic E-state index is 0.0384. The molecule has 3 N–H and O–H groups in total. The quantitative estimate of drug-likeness (QED) is 0.518. The number of aromatic carboxylic acids is 1. The van der Waals surface area contributed by atoms with Gasteiger partial charge in [-0.25, -0.2) is 9.78 Å². The fourth-order valence-electron chi connectivity index (χ4n) is 1.15. The maximum absolute atomic E-state index is 10.4. The number of carbonyl (C=O) groups is 1. The third-order valence-electron chi connectivity index (χ3n) is 1.66. The molecule has 0 aliphatic carbocycles. The van der Waals surface area contributed by atoms with Crippen molar-refractivity contribution in [1.82, 2.24) is 15.3 Å². The molecule has 2 heterocycles. The molecule has 5 nitrogen and oxygen atoms in total. The Balaban J connectivity index is 2.42. The second-order valence-electron chi connectivity index (χ2n) is 2.42. The molecule has 11 heavy (non-hydrogen) atoms. The van der Waals surface area contributed by atoms with E-state index in [2.05, 4.69) is 15.3 Å². The minimum Gasteiger partial charge on any atom is -0.475 e. The zero-order valence-corrected chi connectivity index (χ0v) is 5.72. The summed E-state index contributed by atoms with van der Waals surface area (Å²) in [6.45, 7) is 1.36. The number of imidazole rings is 1. The Labute approximate surface area is 62.5 Å². The lowest BCUT2D eigenvalue weighted by Crippen LogP contribution is -2.06. The van der Waals surface area contributed by atoms with Crippen molar-refractivity contribution in [3.05, 3.63) is 17.2 Å². The normalized spacial score (nSPS) is 14.9. The van der Waals surface area contributed by atoms with Crippen molar-refractivity contribution < 1.29 is 9.90 Å². The lowest BCUT2D eigenvalue weighted by Gasteiger charge is -1.88. The predicted molar refractivity (Wildman–Crippen MR) is 36.1 cm³/mol. The Morgan fingerprint density at radius 1 is 1.55 bits per heavy atom. The highest BCUT2D eigenvalue weighted by Gasteiger charge is 2.17. The second kappa shape index (κ2) is 2.06. The molecule has 0 fully saturated rings. The van der Waals surface area contributed by atoms with Gasteiger partial charge in [-0.05, 0) is 0 Å². The fourth-order valence-corrected chi connectivity index (χ4v) is 1.15. The summed E-state index contributed by atoms with van der Waals surface area (Å²) in [5, 5.41) is 11.6. The molecule has 2 rings (SSSR count). The first-order chi connectivity index (χ1) is 5.27. The first kappa shape index (κ1) is 6.36. The molecule has 0 radical (unpaired) electrons. The van der Waals surface area contributed by atoms with Gasteiger partial charge < -0.3 is 15.4 Å². The second-order valence-corrected chi connectivity index (χ2v) is 2.42. The van der Waals surface area contributed by atoms with Crippen molar-refractivity contribution in [2.75, 3.05) is 0 Å². The van der Waals surface area contributed by atoms with Crippen LogP contribution in [0.25, 0.3) is 0 Å². The molecule has 0 saturated carbocycles. The SMILES string of the molecule is O=C(O)c1nc2c([nH]1)CNC2. The zero-order valence-electron chi connectivity index (χ0n) is 5.72. The lowest BCUT2D eigenvalue weighted by molar-refractivity contribution is 0.0684. The molecule has 0 atom stereocenters. The van der Waals surface area contributed by atoms with Gasteiger partial charge in [0.2, 0.25) is 5.82 Å². The largest absolute Gasteiger partial charge is 0.475 e. The maximum atomic E-state index is 10.4. The van der Waals surface area contributed by atoms with Crippen LogP contribution in [0.15, 0.2) is 0 Å². The third kappa shape index (κ3) is 0.894. The molecule has 0 spiro atoms. The number of rotatable bonds is 1. The first-order valence-corrected chi connectivity index (χ1v) is 3.29. The van der Waals surface area contributed by atoms with E-state index in [9.17, 15) is 4.79 Å². The van der Waals surface area contributed by atoms with Crippen LogP contribution >= 0.6 is 0 Å². The van der Waals surface area contributed by atoms with Crippen LogP contribution in [0.5, 0.6) is 0 Å². The standard InChI is InChI=1S/C6H7N3O2/c10-6(11)5-8-3-1-7-2-4(3)9-5/h7H,1-2H2,(H,8,9)(H,10,11). The molecular formula is C6H7N3O2. The van der Waals surface area contributed by atoms with E-state index in [1.165, 1.54) is 0 Å². The van der Waals surface area contributed by atoms with Crippen molar-refractivity contribution in [3.63, 3.8) is 0 Å². The number of fused-ring (bicyclic) bond motifs is 1. The van der Waals surface area contributed by atoms with Crippen LogP contribution in [0.4, 0.5) is 0 Å². The minimum atomic E-state index is -1.00. The van der Waals surface area contributed by atoms with E-state index >= 15 is 0 Å². The fraction of sp³-hybridized carbons (Fsp3) is 0.333. The third-order valence-corrected chi connectivity index (χ3v) is 1.66. The highest BCUT2D eigenvalue weighted by molar-refractivity contribution is 5.83. The number of hydrogen-bond donors (Lipinski definition) is 3. The van der Waals surface area contributed by atoms with Crippen molar-refractivity contribution in [2.24, 2.45) is 0 Å². The molecule has 1 aliphatic rings. The van der Waals surface area contributed by atoms with Crippen LogP contribution in [-0.4, -0.2) is 21.0 Å². The maximum Gasteiger partial charge on any atom is 0.371 e. The van der Waals surface area contributed by atoms with E-state index in [0.717, 1.165) is 11.4 Å². The number of nitrogens with one attached hydrogen (secondary N) is 2. The zero-order chi connectivity index (χ0) is 7.84. The monoisotopic (exact) mass is 153 g/mol. The molecule has 1 aromatic heterocycles. The molecule has 0 bridgehead atoms. The number of carboxylic acids is 1. The summed E-state index contributed by atoms with van der Waals surface area (Å²) < 4.78 is 0. The van der Waals surface area contributed by atoms with Crippen molar-refractivity contribution in [2.45, 2.75) is 13.1 Å². The van der Waals surface area contributed by atoms with Gasteiger partial charge in [0.05, 0.1) is 11.4 Å². The molecule has 0 aromatic carbocycles. The highest BCUT2D eigenvalue weighted by atomic mass is 16.4. The molecular weight excluding hydrogens is 146 g/mol. The first-order valence-electron chi connectivity index (χ1n) is 3.29. The average molecular weight is 153 g/mol. The van der Waals surface area contributed by atoms with Gasteiger partial charge in [-0.1, -0.05) is 0 Å². The van der Waals surface area contributed by atoms with E-state index in [-0.39, 0.29) is 5.82 Å². The van der Waals surface area contributed by atoms with E-state index in [1.54, 1.807) is 0 Å². The van der Waals surface area contributed by atoms with Crippen LogP contribution in [0.3, 0.4) is 0 Å². The summed E-state index contributed by atoms with van der Waals surface area (Å²) in [5.41, 5.74) is 1.71. The number of aromatic amines is 1. The van der Waals surface area contributed by atoms with Gasteiger partial charge in [0.25, 0.3) is 0 Å². The summed E-state index contributed by atoms with van der Waals surface area (Å²) in [6.07, 6.45) is 0. The number of aromatic nitrogens is 2. The van der Waals surface area contributed by atoms with Crippen LogP contribution in [0.1, 0.15) is 22.0 Å². The summed E-state index contributed by atoms with van der Waals surface area (Å²) in [5.74, 6) is -0.962. The van der Waals surface area contributed by atoms with E-state index in [1.807, 2.05) is 0 Å². The molecule has 1 aliphatic heterocycles. The van der Waals surface area contributed by atoms with Gasteiger partial charge in [-0.2, -0.15) is 0 Å². The Morgan fingerprint density at radius 2 is 2.36 bits per heavy atom. The number of carboxylic acid groups (broad SMARTS) is 1. The molecule has 0 unspecified atom stereocenters. The summed E-state index contributed by atoms with van der Waals surface area (Å²) >= 11 is 0. The van der Waals surface area contributed by atoms with Crippen LogP contribution < -0.4 is 5.32 Å². The Hall–Kier alpha value is -1.36. The number of H-pyrrole nitrogens is 1. The lowest BCUT2D eigenvalue weighted by atomic mass is 10.4. The highest BCUT2D eigenvalue weighted by Crippen LogP contribution is 2.11. The van der Waals surface area contributed by atoms with E-state index in [4.69, 9.17) is 5.11 Å². The van der Waals surface area contributed by atoms with Crippen LogP contribution in [0.2, 0.25) is 0 Å². The Kier molecular flexibility index (Phi) is 1.19. The van der Waals surface area contributed by atoms with Gasteiger partial charge in [0.15, 0.2) is 0 Å². The van der Waals surface area contributed by atoms with Gasteiger partial charge >= 0.3 is 5.97 Å². The Bertz CT molecular complexity index is 283. The van der Waals surface area contributed by atoms with Gasteiger partial charge in [-0.15, -0.1) is 0 Å². The van der Waals surface area contributed by atoms with Gasteiger partial charge in [-0.3, -0.25) is 0 Å². The molecule has 58 valence electrons. The summed E-state index contributed by atoms with van der Waals surface area (Å²) in [4.78, 5) is 17.0. The number of hydrogen-bond acceptors (Lipinski definition) is 3. The van der Waals surface area contributed by atoms with Crippen molar-refractivity contribution >= 4 is 5.97 Å². The topological polar surface area (TPSA) is 78.0 Å². The molecule has 0 amide bonds. The number of nitrogens with zero attached hydrogens (tertiary/aromatic N) is 1. The summed E-state index contributed by atoms with van der Waals surface area (Å²) in [7, 11) is 0. The Morgan fingerprint density at radius 3 is 3.00 bits per heavy atom. The average Bonchev–Trinajstić information content (AvgIpc) is 2.40. The van der Waals surface area contributed by atoms with Crippen molar-refractivity contribution in [3.8, 4) is 0 Å².